The maximum atomic E-state index is 3.77. The SMILES string of the molecule is CC(C)(C)C1CCC(C(C)(C)C)N1.CC(C)(C)C1CCC(C(C)(C)C)N1.CC(C)(C)C1CCN(C(C)(C)C)C1. The molecule has 3 heteroatoms. The fourth-order valence-corrected chi connectivity index (χ4v) is 6.29. The van der Waals surface area contributed by atoms with E-state index in [0.29, 0.717) is 56.8 Å². The molecule has 3 nitrogen and oxygen atoms in total. The Kier molecular flexibility index (Phi) is 12.3. The summed E-state index contributed by atoms with van der Waals surface area (Å²) in [5.41, 5.74) is 2.51. The highest BCUT2D eigenvalue weighted by atomic mass is 15.2. The van der Waals surface area contributed by atoms with Crippen molar-refractivity contribution in [1.82, 2.24) is 15.5 Å². The lowest BCUT2D eigenvalue weighted by molar-refractivity contribution is 0.148. The second kappa shape index (κ2) is 13.0. The molecule has 3 fully saturated rings. The van der Waals surface area contributed by atoms with Crippen LogP contribution in [0, 0.1) is 33.0 Å². The van der Waals surface area contributed by atoms with E-state index in [0.717, 1.165) is 5.92 Å². The highest BCUT2D eigenvalue weighted by molar-refractivity contribution is 4.96. The molecule has 0 bridgehead atoms. The molecule has 0 spiro atoms. The molecule has 39 heavy (non-hydrogen) atoms. The molecular weight excluding hydrogens is 474 g/mol. The van der Waals surface area contributed by atoms with Crippen molar-refractivity contribution in [3.63, 3.8) is 0 Å². The van der Waals surface area contributed by atoms with E-state index in [1.165, 1.54) is 45.2 Å². The fourth-order valence-electron chi connectivity index (χ4n) is 6.29. The van der Waals surface area contributed by atoms with E-state index in [2.05, 4.69) is 140 Å². The summed E-state index contributed by atoms with van der Waals surface area (Å²) < 4.78 is 0. The van der Waals surface area contributed by atoms with Crippen molar-refractivity contribution in [2.45, 2.75) is 186 Å². The minimum Gasteiger partial charge on any atom is -0.310 e. The second-order valence-corrected chi connectivity index (χ2v) is 19.6. The molecule has 3 aliphatic rings. The minimum absolute atomic E-state index is 0.361. The molecule has 0 aliphatic carbocycles. The summed E-state index contributed by atoms with van der Waals surface area (Å²) in [5.74, 6) is 0.881. The number of hydrogen-bond donors (Lipinski definition) is 2. The first-order valence-electron chi connectivity index (χ1n) is 16.4. The molecule has 3 aliphatic heterocycles. The molecule has 0 aromatic carbocycles. The van der Waals surface area contributed by atoms with E-state index < -0.39 is 0 Å². The molecule has 5 atom stereocenters. The Bertz CT molecular complexity index is 551. The fraction of sp³-hybridized carbons (Fsp3) is 1.00. The number of rotatable bonds is 0. The Labute approximate surface area is 247 Å². The molecule has 0 saturated carbocycles. The standard InChI is InChI=1S/3C12H25N/c1-11(2,3)10-7-8-13(9-10)12(4,5)6;2*1-11(2,3)9-7-8-10(13-9)12(4,5)6/h10H,7-9H2,1-6H3;2*9-10,13H,7-8H2,1-6H3. The third-order valence-corrected chi connectivity index (χ3v) is 9.84. The zero-order chi connectivity index (χ0) is 30.8. The zero-order valence-electron chi connectivity index (χ0n) is 30.3. The Morgan fingerprint density at radius 3 is 0.821 bits per heavy atom. The van der Waals surface area contributed by atoms with Crippen LogP contribution in [0.5, 0.6) is 0 Å². The summed E-state index contributed by atoms with van der Waals surface area (Å²) in [7, 11) is 0. The van der Waals surface area contributed by atoms with E-state index in [1.54, 1.807) is 0 Å². The summed E-state index contributed by atoms with van der Waals surface area (Å²) in [6.45, 7) is 44.6. The van der Waals surface area contributed by atoms with Gasteiger partial charge in [-0.05, 0) is 92.4 Å². The Morgan fingerprint density at radius 1 is 0.410 bits per heavy atom. The van der Waals surface area contributed by atoms with Crippen molar-refractivity contribution < 1.29 is 0 Å². The molecule has 0 radical (unpaired) electrons. The summed E-state index contributed by atoms with van der Waals surface area (Å²) in [5, 5.41) is 7.54. The first kappa shape index (κ1) is 36.9. The minimum atomic E-state index is 0.361. The van der Waals surface area contributed by atoms with Crippen LogP contribution in [-0.2, 0) is 0 Å². The summed E-state index contributed by atoms with van der Waals surface area (Å²) in [6.07, 6.45) is 6.73. The van der Waals surface area contributed by atoms with Crippen molar-refractivity contribution in [1.29, 1.82) is 0 Å². The van der Waals surface area contributed by atoms with Crippen LogP contribution in [0.3, 0.4) is 0 Å². The third-order valence-electron chi connectivity index (χ3n) is 9.84. The van der Waals surface area contributed by atoms with Crippen molar-refractivity contribution in [2.24, 2.45) is 33.0 Å². The van der Waals surface area contributed by atoms with Gasteiger partial charge >= 0.3 is 0 Å². The molecule has 3 saturated heterocycles. The van der Waals surface area contributed by atoms with Crippen molar-refractivity contribution in [2.75, 3.05) is 13.1 Å². The average Bonchev–Trinajstić information content (AvgIpc) is 3.45. The Balaban J connectivity index is 0.000000292. The third kappa shape index (κ3) is 12.3. The molecule has 3 rings (SSSR count). The Morgan fingerprint density at radius 2 is 0.692 bits per heavy atom. The maximum Gasteiger partial charge on any atom is 0.0125 e. The topological polar surface area (TPSA) is 27.3 Å². The molecule has 2 N–H and O–H groups in total. The predicted octanol–water partition coefficient (Wildman–Crippen LogP) is 9.55. The van der Waals surface area contributed by atoms with Crippen LogP contribution in [0.2, 0.25) is 0 Å². The van der Waals surface area contributed by atoms with E-state index >= 15 is 0 Å². The van der Waals surface area contributed by atoms with E-state index in [-0.39, 0.29) is 0 Å². The van der Waals surface area contributed by atoms with E-state index in [4.69, 9.17) is 0 Å². The zero-order valence-corrected chi connectivity index (χ0v) is 30.3. The smallest absolute Gasteiger partial charge is 0.0125 e. The molecule has 5 unspecified atom stereocenters. The van der Waals surface area contributed by atoms with Crippen LogP contribution < -0.4 is 10.6 Å². The highest BCUT2D eigenvalue weighted by Gasteiger charge is 2.38. The van der Waals surface area contributed by atoms with Gasteiger partial charge in [-0.25, -0.2) is 0 Å². The molecule has 0 amide bonds. The lowest BCUT2D eigenvalue weighted by atomic mass is 9.80. The molecule has 3 heterocycles. The van der Waals surface area contributed by atoms with Gasteiger partial charge in [0, 0.05) is 36.3 Å². The summed E-state index contributed by atoms with van der Waals surface area (Å²) >= 11 is 0. The van der Waals surface area contributed by atoms with Gasteiger partial charge in [-0.2, -0.15) is 0 Å². The first-order valence-corrected chi connectivity index (χ1v) is 16.4. The lowest BCUT2D eigenvalue weighted by Gasteiger charge is -2.33. The molecule has 0 aromatic rings. The Hall–Kier alpha value is -0.120. The van der Waals surface area contributed by atoms with Gasteiger partial charge in [0.05, 0.1) is 0 Å². The van der Waals surface area contributed by atoms with Crippen LogP contribution in [0.1, 0.15) is 157 Å². The normalized spacial score (nSPS) is 29.5. The van der Waals surface area contributed by atoms with E-state index in [9.17, 15) is 0 Å². The van der Waals surface area contributed by atoms with Gasteiger partial charge in [-0.15, -0.1) is 0 Å². The molecular formula is C36H75N3. The van der Waals surface area contributed by atoms with Crippen molar-refractivity contribution in [3.8, 4) is 0 Å². The van der Waals surface area contributed by atoms with Crippen LogP contribution in [0.15, 0.2) is 0 Å². The van der Waals surface area contributed by atoms with Crippen molar-refractivity contribution in [3.05, 3.63) is 0 Å². The number of nitrogens with zero attached hydrogens (tertiary/aromatic N) is 1. The van der Waals surface area contributed by atoms with Gasteiger partial charge in [0.25, 0.3) is 0 Å². The number of hydrogen-bond acceptors (Lipinski definition) is 3. The van der Waals surface area contributed by atoms with Gasteiger partial charge in [-0.3, -0.25) is 4.90 Å². The molecule has 234 valence electrons. The first-order chi connectivity index (χ1) is 17.1. The van der Waals surface area contributed by atoms with E-state index in [1.807, 2.05) is 0 Å². The number of likely N-dealkylation sites (tertiary alicyclic amines) is 1. The highest BCUT2D eigenvalue weighted by Crippen LogP contribution is 2.37. The quantitative estimate of drug-likeness (QED) is 0.315. The van der Waals surface area contributed by atoms with Crippen LogP contribution >= 0.6 is 0 Å². The van der Waals surface area contributed by atoms with Gasteiger partial charge in [0.2, 0.25) is 0 Å². The second-order valence-electron chi connectivity index (χ2n) is 19.6. The predicted molar refractivity (Wildman–Crippen MR) is 177 cm³/mol. The van der Waals surface area contributed by atoms with Gasteiger partial charge < -0.3 is 10.6 Å². The monoisotopic (exact) mass is 550 g/mol. The summed E-state index contributed by atoms with van der Waals surface area (Å²) in [4.78, 5) is 2.61. The average molecular weight is 550 g/mol. The van der Waals surface area contributed by atoms with Gasteiger partial charge in [0.1, 0.15) is 0 Å². The van der Waals surface area contributed by atoms with Crippen molar-refractivity contribution >= 4 is 0 Å². The van der Waals surface area contributed by atoms with Gasteiger partial charge in [0.15, 0.2) is 0 Å². The molecule has 0 aromatic heterocycles. The largest absolute Gasteiger partial charge is 0.310 e. The van der Waals surface area contributed by atoms with Crippen LogP contribution in [-0.4, -0.2) is 47.7 Å². The lowest BCUT2D eigenvalue weighted by Crippen LogP contribution is -2.43. The van der Waals surface area contributed by atoms with Crippen LogP contribution in [0.25, 0.3) is 0 Å². The number of nitrogens with one attached hydrogen (secondary N) is 2. The van der Waals surface area contributed by atoms with Crippen LogP contribution in [0.4, 0.5) is 0 Å². The maximum absolute atomic E-state index is 3.77. The summed E-state index contributed by atoms with van der Waals surface area (Å²) in [6, 6.07) is 2.82. The van der Waals surface area contributed by atoms with Gasteiger partial charge in [-0.1, -0.05) is 104 Å².